The minimum absolute atomic E-state index is 0.0947. The van der Waals surface area contributed by atoms with Gasteiger partial charge in [0.1, 0.15) is 0 Å². The normalized spacial score (nSPS) is 11.3. The lowest BCUT2D eigenvalue weighted by Gasteiger charge is -2.00. The largest absolute Gasteiger partial charge is 0.334 e. The summed E-state index contributed by atoms with van der Waals surface area (Å²) in [5, 5.41) is 4.09. The van der Waals surface area contributed by atoms with Gasteiger partial charge in [0.2, 0.25) is 5.82 Å². The number of aryl methyl sites for hydroxylation is 2. The highest BCUT2D eigenvalue weighted by Gasteiger charge is 2.14. The van der Waals surface area contributed by atoms with Crippen LogP contribution in [0.3, 0.4) is 0 Å². The molecule has 0 aliphatic heterocycles. The molecule has 25 heavy (non-hydrogen) atoms. The number of hydrogen-bond acceptors (Lipinski definition) is 4. The first kappa shape index (κ1) is 15.4. The van der Waals surface area contributed by atoms with Crippen molar-refractivity contribution in [2.45, 2.75) is 26.8 Å². The van der Waals surface area contributed by atoms with E-state index in [-0.39, 0.29) is 5.69 Å². The summed E-state index contributed by atoms with van der Waals surface area (Å²) in [6.45, 7) is 4.75. The molecule has 2 heterocycles. The van der Waals surface area contributed by atoms with Crippen LogP contribution in [0.5, 0.6) is 0 Å². The molecule has 0 aliphatic rings. The van der Waals surface area contributed by atoms with Gasteiger partial charge in [0.05, 0.1) is 11.0 Å². The lowest BCUT2D eigenvalue weighted by Crippen LogP contribution is -2.16. The molecule has 1 N–H and O–H groups in total. The lowest BCUT2D eigenvalue weighted by atomic mass is 10.1. The number of H-pyrrole nitrogens is 1. The van der Waals surface area contributed by atoms with Gasteiger partial charge in [0, 0.05) is 17.7 Å². The molecule has 2 aromatic heterocycles. The van der Waals surface area contributed by atoms with E-state index >= 15 is 0 Å². The van der Waals surface area contributed by atoms with Gasteiger partial charge in [-0.2, -0.15) is 4.98 Å². The van der Waals surface area contributed by atoms with Crippen molar-refractivity contribution >= 4 is 11.0 Å². The van der Waals surface area contributed by atoms with Gasteiger partial charge in [-0.05, 0) is 43.2 Å². The van der Waals surface area contributed by atoms with E-state index in [1.54, 1.807) is 4.57 Å². The maximum atomic E-state index is 12.1. The van der Waals surface area contributed by atoms with E-state index in [4.69, 9.17) is 4.52 Å². The third-order valence-electron chi connectivity index (χ3n) is 4.28. The summed E-state index contributed by atoms with van der Waals surface area (Å²) in [6.07, 6.45) is 0.902. The van der Waals surface area contributed by atoms with Crippen LogP contribution in [0.15, 0.2) is 51.8 Å². The molecule has 0 unspecified atom stereocenters. The van der Waals surface area contributed by atoms with Crippen molar-refractivity contribution in [3.05, 3.63) is 58.5 Å². The van der Waals surface area contributed by atoms with E-state index in [0.717, 1.165) is 34.1 Å². The van der Waals surface area contributed by atoms with Crippen molar-refractivity contribution in [2.24, 2.45) is 0 Å². The Morgan fingerprint density at radius 1 is 1.20 bits per heavy atom. The highest BCUT2D eigenvalue weighted by Crippen LogP contribution is 2.26. The first-order valence-corrected chi connectivity index (χ1v) is 8.30. The molecule has 0 amide bonds. The number of nitrogens with zero attached hydrogens (tertiary/aromatic N) is 3. The summed E-state index contributed by atoms with van der Waals surface area (Å²) in [7, 11) is 0. The second kappa shape index (κ2) is 6.05. The van der Waals surface area contributed by atoms with Crippen LogP contribution in [-0.2, 0) is 6.54 Å². The molecule has 0 aliphatic carbocycles. The number of aromatic amines is 1. The Labute approximate surface area is 144 Å². The second-order valence-electron chi connectivity index (χ2n) is 6.05. The fourth-order valence-electron chi connectivity index (χ4n) is 3.01. The average Bonchev–Trinajstić information content (AvgIpc) is 3.21. The van der Waals surface area contributed by atoms with Crippen molar-refractivity contribution < 1.29 is 4.52 Å². The zero-order chi connectivity index (χ0) is 17.4. The van der Waals surface area contributed by atoms with Gasteiger partial charge >= 0.3 is 5.69 Å². The van der Waals surface area contributed by atoms with Crippen LogP contribution in [0.1, 0.15) is 18.9 Å². The molecule has 0 radical (unpaired) electrons. The van der Waals surface area contributed by atoms with Gasteiger partial charge in [-0.25, -0.2) is 4.79 Å². The van der Waals surface area contributed by atoms with Gasteiger partial charge in [-0.15, -0.1) is 0 Å². The maximum Gasteiger partial charge on any atom is 0.326 e. The maximum absolute atomic E-state index is 12.1. The van der Waals surface area contributed by atoms with E-state index in [9.17, 15) is 4.79 Å². The SMILES string of the molecule is CCCn1c(=O)[nH]c2cc(-c3noc(-c4ccccc4C)n3)ccc21. The standard InChI is InChI=1S/C19H18N4O2/c1-3-10-23-16-9-8-13(11-15(16)20-19(23)24)17-21-18(25-22-17)14-7-5-4-6-12(14)2/h4-9,11H,3,10H2,1-2H3,(H,20,24). The minimum atomic E-state index is -0.0947. The summed E-state index contributed by atoms with van der Waals surface area (Å²) in [5.74, 6) is 0.995. The zero-order valence-corrected chi connectivity index (χ0v) is 14.1. The Bertz CT molecular complexity index is 1100. The molecule has 0 fully saturated rings. The zero-order valence-electron chi connectivity index (χ0n) is 14.1. The van der Waals surface area contributed by atoms with E-state index in [1.165, 1.54) is 0 Å². The topological polar surface area (TPSA) is 76.7 Å². The Balaban J connectivity index is 1.76. The summed E-state index contributed by atoms with van der Waals surface area (Å²) < 4.78 is 7.17. The number of nitrogens with one attached hydrogen (secondary N) is 1. The highest BCUT2D eigenvalue weighted by molar-refractivity contribution is 5.80. The van der Waals surface area contributed by atoms with Gasteiger partial charge in [-0.1, -0.05) is 30.3 Å². The van der Waals surface area contributed by atoms with Crippen molar-refractivity contribution in [1.82, 2.24) is 19.7 Å². The molecule has 4 rings (SSSR count). The fraction of sp³-hybridized carbons (Fsp3) is 0.211. The molecule has 4 aromatic rings. The molecular formula is C19H18N4O2. The lowest BCUT2D eigenvalue weighted by molar-refractivity contribution is 0.432. The molecule has 0 atom stereocenters. The minimum Gasteiger partial charge on any atom is -0.334 e. The van der Waals surface area contributed by atoms with Gasteiger partial charge in [0.25, 0.3) is 5.89 Å². The van der Waals surface area contributed by atoms with Crippen LogP contribution in [0.2, 0.25) is 0 Å². The second-order valence-corrected chi connectivity index (χ2v) is 6.05. The smallest absolute Gasteiger partial charge is 0.326 e. The van der Waals surface area contributed by atoms with Crippen LogP contribution in [-0.4, -0.2) is 19.7 Å². The third-order valence-corrected chi connectivity index (χ3v) is 4.28. The number of aromatic nitrogens is 4. The molecule has 6 heteroatoms. The Hall–Kier alpha value is -3.15. The first-order chi connectivity index (χ1) is 12.2. The predicted molar refractivity (Wildman–Crippen MR) is 96.3 cm³/mol. The Kier molecular flexibility index (Phi) is 3.72. The molecular weight excluding hydrogens is 316 g/mol. The molecule has 0 saturated heterocycles. The number of benzene rings is 2. The molecule has 0 bridgehead atoms. The molecule has 6 nitrogen and oxygen atoms in total. The van der Waals surface area contributed by atoms with Crippen LogP contribution in [0, 0.1) is 6.92 Å². The summed E-state index contributed by atoms with van der Waals surface area (Å²) >= 11 is 0. The van der Waals surface area contributed by atoms with Crippen LogP contribution in [0.4, 0.5) is 0 Å². The predicted octanol–water partition coefficient (Wildman–Crippen LogP) is 3.77. The molecule has 0 spiro atoms. The van der Waals surface area contributed by atoms with Crippen LogP contribution >= 0.6 is 0 Å². The average molecular weight is 334 g/mol. The third kappa shape index (κ3) is 2.65. The number of hydrogen-bond donors (Lipinski definition) is 1. The Morgan fingerprint density at radius 3 is 2.84 bits per heavy atom. The quantitative estimate of drug-likeness (QED) is 0.616. The van der Waals surface area contributed by atoms with Gasteiger partial charge in [0.15, 0.2) is 0 Å². The van der Waals surface area contributed by atoms with E-state index in [2.05, 4.69) is 15.1 Å². The highest BCUT2D eigenvalue weighted by atomic mass is 16.5. The molecule has 126 valence electrons. The monoisotopic (exact) mass is 334 g/mol. The van der Waals surface area contributed by atoms with Gasteiger partial charge < -0.3 is 9.51 Å². The number of imidazole rings is 1. The number of fused-ring (bicyclic) bond motifs is 1. The van der Waals surface area contributed by atoms with Gasteiger partial charge in [-0.3, -0.25) is 4.57 Å². The Morgan fingerprint density at radius 2 is 2.04 bits per heavy atom. The van der Waals surface area contributed by atoms with Crippen molar-refractivity contribution in [3.63, 3.8) is 0 Å². The van der Waals surface area contributed by atoms with E-state index < -0.39 is 0 Å². The van der Waals surface area contributed by atoms with Crippen molar-refractivity contribution in [1.29, 1.82) is 0 Å². The van der Waals surface area contributed by atoms with E-state index in [1.807, 2.05) is 56.3 Å². The summed E-state index contributed by atoms with van der Waals surface area (Å²) in [5.41, 5.74) is 4.37. The van der Waals surface area contributed by atoms with E-state index in [0.29, 0.717) is 18.3 Å². The van der Waals surface area contributed by atoms with Crippen molar-refractivity contribution in [2.75, 3.05) is 0 Å². The fourth-order valence-corrected chi connectivity index (χ4v) is 3.01. The molecule has 0 saturated carbocycles. The van der Waals surface area contributed by atoms with Crippen LogP contribution < -0.4 is 5.69 Å². The molecule has 2 aromatic carbocycles. The first-order valence-electron chi connectivity index (χ1n) is 8.30. The summed E-state index contributed by atoms with van der Waals surface area (Å²) in [4.78, 5) is 19.5. The van der Waals surface area contributed by atoms with Crippen molar-refractivity contribution in [3.8, 4) is 22.8 Å². The number of rotatable bonds is 4. The van der Waals surface area contributed by atoms with Crippen LogP contribution in [0.25, 0.3) is 33.9 Å². The summed E-state index contributed by atoms with van der Waals surface area (Å²) in [6, 6.07) is 13.6.